The molecule has 1 aliphatic rings. The van der Waals surface area contributed by atoms with Gasteiger partial charge in [-0.3, -0.25) is 4.79 Å². The van der Waals surface area contributed by atoms with E-state index in [1.54, 1.807) is 0 Å². The Labute approximate surface area is 145 Å². The number of fused-ring (bicyclic) bond motifs is 1. The Morgan fingerprint density at radius 2 is 1.80 bits per heavy atom. The minimum atomic E-state index is -1.61. The molecule has 2 N–H and O–H groups in total. The van der Waals surface area contributed by atoms with Crippen molar-refractivity contribution in [3.05, 3.63) is 70.5 Å². The summed E-state index contributed by atoms with van der Waals surface area (Å²) in [6.07, 6.45) is 3.33. The minimum absolute atomic E-state index is 0.108. The number of rotatable bonds is 5. The lowest BCUT2D eigenvalue weighted by Gasteiger charge is -2.27. The monoisotopic (exact) mass is 341 g/mol. The molecule has 1 unspecified atom stereocenters. The van der Waals surface area contributed by atoms with Crippen LogP contribution in [-0.2, 0) is 34.4 Å². The number of aryl methyl sites for hydroxylation is 2. The van der Waals surface area contributed by atoms with Gasteiger partial charge in [-0.1, -0.05) is 30.3 Å². The van der Waals surface area contributed by atoms with Gasteiger partial charge in [-0.25, -0.2) is 9.18 Å². The van der Waals surface area contributed by atoms with Gasteiger partial charge in [0, 0.05) is 0 Å². The van der Waals surface area contributed by atoms with Crippen molar-refractivity contribution < 1.29 is 19.1 Å². The first-order chi connectivity index (χ1) is 11.9. The van der Waals surface area contributed by atoms with E-state index in [2.05, 4.69) is 5.32 Å². The van der Waals surface area contributed by atoms with Crippen molar-refractivity contribution in [2.45, 2.75) is 38.1 Å². The van der Waals surface area contributed by atoms with Gasteiger partial charge in [0.2, 0.25) is 5.91 Å². The van der Waals surface area contributed by atoms with Gasteiger partial charge in [0.25, 0.3) is 0 Å². The molecule has 2 aromatic carbocycles. The SMILES string of the molecule is CC(NC(=O)Cc1ccc2c(c1)CCC2)(C(=O)O)c1ccc(F)cc1. The molecule has 0 spiro atoms. The molecule has 0 bridgehead atoms. The third kappa shape index (κ3) is 3.55. The van der Waals surface area contributed by atoms with Crippen molar-refractivity contribution >= 4 is 11.9 Å². The summed E-state index contributed by atoms with van der Waals surface area (Å²) in [6, 6.07) is 11.1. The van der Waals surface area contributed by atoms with Gasteiger partial charge in [-0.15, -0.1) is 0 Å². The van der Waals surface area contributed by atoms with Crippen molar-refractivity contribution in [2.75, 3.05) is 0 Å². The molecule has 3 rings (SSSR count). The lowest BCUT2D eigenvalue weighted by molar-refractivity contribution is -0.147. The van der Waals surface area contributed by atoms with Crippen molar-refractivity contribution in [3.8, 4) is 0 Å². The van der Waals surface area contributed by atoms with Gasteiger partial charge in [0.1, 0.15) is 5.82 Å². The topological polar surface area (TPSA) is 66.4 Å². The van der Waals surface area contributed by atoms with Gasteiger partial charge in [0.05, 0.1) is 6.42 Å². The van der Waals surface area contributed by atoms with E-state index in [4.69, 9.17) is 0 Å². The maximum Gasteiger partial charge on any atom is 0.333 e. The van der Waals surface area contributed by atoms with Crippen LogP contribution in [0.5, 0.6) is 0 Å². The highest BCUT2D eigenvalue weighted by atomic mass is 19.1. The van der Waals surface area contributed by atoms with Crippen molar-refractivity contribution in [1.29, 1.82) is 0 Å². The van der Waals surface area contributed by atoms with Crippen LogP contribution in [0.1, 0.15) is 35.6 Å². The van der Waals surface area contributed by atoms with Gasteiger partial charge >= 0.3 is 5.97 Å². The number of nitrogens with one attached hydrogen (secondary N) is 1. The van der Waals surface area contributed by atoms with Crippen LogP contribution in [0, 0.1) is 5.82 Å². The van der Waals surface area contributed by atoms with Crippen LogP contribution in [0.3, 0.4) is 0 Å². The summed E-state index contributed by atoms with van der Waals surface area (Å²) >= 11 is 0. The van der Waals surface area contributed by atoms with Crippen LogP contribution < -0.4 is 5.32 Å². The number of carboxylic acids is 1. The number of aliphatic carboxylic acids is 1. The summed E-state index contributed by atoms with van der Waals surface area (Å²) in [6.45, 7) is 1.41. The van der Waals surface area contributed by atoms with E-state index < -0.39 is 17.3 Å². The predicted octanol–water partition coefficient (Wildman–Crippen LogP) is 2.97. The lowest BCUT2D eigenvalue weighted by Crippen LogP contribution is -2.50. The van der Waals surface area contributed by atoms with Crippen LogP contribution in [0.2, 0.25) is 0 Å². The molecule has 1 amide bonds. The lowest BCUT2D eigenvalue weighted by atomic mass is 9.91. The minimum Gasteiger partial charge on any atom is -0.479 e. The second-order valence-corrected chi connectivity index (χ2v) is 6.62. The fourth-order valence-electron chi connectivity index (χ4n) is 3.28. The zero-order valence-corrected chi connectivity index (χ0v) is 14.0. The number of carboxylic acid groups (broad SMARTS) is 1. The molecular formula is C20H20FNO3. The van der Waals surface area contributed by atoms with E-state index in [0.717, 1.165) is 24.8 Å². The first-order valence-corrected chi connectivity index (χ1v) is 8.29. The third-order valence-electron chi connectivity index (χ3n) is 4.77. The molecule has 0 aliphatic heterocycles. The highest BCUT2D eigenvalue weighted by Crippen LogP contribution is 2.24. The van der Waals surface area contributed by atoms with Gasteiger partial charge in [0.15, 0.2) is 5.54 Å². The van der Waals surface area contributed by atoms with Crippen molar-refractivity contribution in [2.24, 2.45) is 0 Å². The van der Waals surface area contributed by atoms with Crippen molar-refractivity contribution in [1.82, 2.24) is 5.32 Å². The van der Waals surface area contributed by atoms with E-state index in [9.17, 15) is 19.1 Å². The standard InChI is InChI=1S/C20H20FNO3/c1-20(19(24)25,16-7-9-17(21)10-8-16)22-18(23)12-13-5-6-14-3-2-4-15(14)11-13/h5-11H,2-4,12H2,1H3,(H,22,23)(H,24,25). The Kier molecular flexibility index (Phi) is 4.57. The number of hydrogen-bond donors (Lipinski definition) is 2. The summed E-state index contributed by atoms with van der Waals surface area (Å²) in [7, 11) is 0. The quantitative estimate of drug-likeness (QED) is 0.879. The summed E-state index contributed by atoms with van der Waals surface area (Å²) in [4.78, 5) is 24.2. The average molecular weight is 341 g/mol. The summed E-state index contributed by atoms with van der Waals surface area (Å²) < 4.78 is 13.1. The number of carbonyl (C=O) groups is 2. The largest absolute Gasteiger partial charge is 0.479 e. The molecule has 0 saturated heterocycles. The third-order valence-corrected chi connectivity index (χ3v) is 4.77. The first kappa shape index (κ1) is 17.1. The van der Waals surface area contributed by atoms with E-state index >= 15 is 0 Å². The average Bonchev–Trinajstić information content (AvgIpc) is 3.02. The zero-order chi connectivity index (χ0) is 18.0. The second kappa shape index (κ2) is 6.67. The maximum atomic E-state index is 13.1. The molecular weight excluding hydrogens is 321 g/mol. The normalized spacial score (nSPS) is 15.3. The fourth-order valence-corrected chi connectivity index (χ4v) is 3.28. The summed E-state index contributed by atoms with van der Waals surface area (Å²) in [5.41, 5.74) is 2.17. The number of halogens is 1. The van der Waals surface area contributed by atoms with Gasteiger partial charge in [-0.2, -0.15) is 0 Å². The smallest absolute Gasteiger partial charge is 0.333 e. The Bertz CT molecular complexity index is 816. The van der Waals surface area contributed by atoms with Gasteiger partial charge < -0.3 is 10.4 Å². The van der Waals surface area contributed by atoms with Crippen LogP contribution in [0.4, 0.5) is 4.39 Å². The fraction of sp³-hybridized carbons (Fsp3) is 0.300. The zero-order valence-electron chi connectivity index (χ0n) is 14.0. The van der Waals surface area contributed by atoms with Crippen LogP contribution in [-0.4, -0.2) is 17.0 Å². The van der Waals surface area contributed by atoms with Crippen molar-refractivity contribution in [3.63, 3.8) is 0 Å². The van der Waals surface area contributed by atoms with E-state index in [1.807, 2.05) is 18.2 Å². The predicted molar refractivity (Wildman–Crippen MR) is 91.7 cm³/mol. The molecule has 4 nitrogen and oxygen atoms in total. The second-order valence-electron chi connectivity index (χ2n) is 6.62. The van der Waals surface area contributed by atoms with Gasteiger partial charge in [-0.05, 0) is 60.6 Å². The highest BCUT2D eigenvalue weighted by molar-refractivity contribution is 5.88. The van der Waals surface area contributed by atoms with E-state index in [1.165, 1.54) is 42.3 Å². The number of amides is 1. The van der Waals surface area contributed by atoms with E-state index in [-0.39, 0.29) is 12.3 Å². The Morgan fingerprint density at radius 1 is 1.12 bits per heavy atom. The van der Waals surface area contributed by atoms with Crippen LogP contribution in [0.25, 0.3) is 0 Å². The molecule has 0 heterocycles. The number of carbonyl (C=O) groups excluding carboxylic acids is 1. The molecule has 0 aromatic heterocycles. The molecule has 0 saturated carbocycles. The molecule has 0 radical (unpaired) electrons. The Balaban J connectivity index is 1.77. The Morgan fingerprint density at radius 3 is 2.48 bits per heavy atom. The molecule has 0 fully saturated rings. The Hall–Kier alpha value is -2.69. The number of hydrogen-bond acceptors (Lipinski definition) is 2. The molecule has 5 heteroatoms. The molecule has 2 aromatic rings. The highest BCUT2D eigenvalue weighted by Gasteiger charge is 2.36. The van der Waals surface area contributed by atoms with Crippen LogP contribution in [0.15, 0.2) is 42.5 Å². The molecule has 25 heavy (non-hydrogen) atoms. The first-order valence-electron chi connectivity index (χ1n) is 8.29. The molecule has 130 valence electrons. The molecule has 1 atom stereocenters. The molecule has 1 aliphatic carbocycles. The van der Waals surface area contributed by atoms with Crippen LogP contribution >= 0.6 is 0 Å². The number of benzene rings is 2. The maximum absolute atomic E-state index is 13.1. The van der Waals surface area contributed by atoms with E-state index in [0.29, 0.717) is 5.56 Å². The summed E-state index contributed by atoms with van der Waals surface area (Å²) in [5.74, 6) is -2.03. The summed E-state index contributed by atoms with van der Waals surface area (Å²) in [5, 5.41) is 12.2.